The van der Waals surface area contributed by atoms with Crippen molar-refractivity contribution in [1.29, 1.82) is 0 Å². The molecule has 1 saturated carbocycles. The van der Waals surface area contributed by atoms with Gasteiger partial charge in [-0.05, 0) is 274 Å². The van der Waals surface area contributed by atoms with Gasteiger partial charge in [0.15, 0.2) is 0 Å². The zero-order valence-electron chi connectivity index (χ0n) is 74.2. The Hall–Kier alpha value is -6.73. The molecule has 5 heterocycles. The van der Waals surface area contributed by atoms with Gasteiger partial charge in [-0.3, -0.25) is 24.0 Å². The van der Waals surface area contributed by atoms with E-state index in [1.807, 2.05) is 81.4 Å². The Morgan fingerprint density at radius 3 is 0.800 bits per heavy atom. The number of hydrogen-bond donors (Lipinski definition) is 5. The van der Waals surface area contributed by atoms with Crippen LogP contribution < -0.4 is 40.8 Å². The van der Waals surface area contributed by atoms with Crippen LogP contribution in [0.4, 0.5) is 0 Å². The maximum atomic E-state index is 12.6. The Morgan fingerprint density at radius 2 is 0.557 bits per heavy atom. The molecule has 6 fully saturated rings. The predicted molar refractivity (Wildman–Crippen MR) is 452 cm³/mol. The van der Waals surface area contributed by atoms with Gasteiger partial charge in [-0.1, -0.05) is 74.0 Å². The molecule has 0 aromatic heterocycles. The van der Waals surface area contributed by atoms with Gasteiger partial charge < -0.3 is 83.4 Å². The Kier molecular flexibility index (Phi) is 34.7. The number of esters is 5. The third-order valence-electron chi connectivity index (χ3n) is 22.8. The van der Waals surface area contributed by atoms with Crippen molar-refractivity contribution in [3.05, 3.63) is 103 Å². The molecular weight excluding hydrogens is 1460 g/mol. The second-order valence-electron chi connectivity index (χ2n) is 38.2. The van der Waals surface area contributed by atoms with Gasteiger partial charge in [-0.15, -0.1) is 0 Å². The summed E-state index contributed by atoms with van der Waals surface area (Å²) in [6, 6.07) is 32.7. The minimum atomic E-state index is -0.266. The van der Waals surface area contributed by atoms with E-state index in [1.165, 1.54) is 11.1 Å². The Bertz CT molecular complexity index is 3460. The number of carbonyl (C=O) groups excluding carboxylic acids is 5. The van der Waals surface area contributed by atoms with Crippen molar-refractivity contribution in [2.45, 2.75) is 291 Å². The third kappa shape index (κ3) is 30.2. The molecule has 22 nitrogen and oxygen atoms in total. The van der Waals surface area contributed by atoms with E-state index in [0.717, 1.165) is 105 Å². The lowest BCUT2D eigenvalue weighted by molar-refractivity contribution is -0.154. The van der Waals surface area contributed by atoms with Gasteiger partial charge in [0.25, 0.3) is 0 Å². The van der Waals surface area contributed by atoms with Gasteiger partial charge in [0.05, 0.1) is 81.4 Å². The summed E-state index contributed by atoms with van der Waals surface area (Å²) >= 11 is 0. The summed E-state index contributed by atoms with van der Waals surface area (Å²) in [6.45, 7) is 50.9. The fourth-order valence-electron chi connectivity index (χ4n) is 18.0. The van der Waals surface area contributed by atoms with E-state index in [4.69, 9.17) is 56.8 Å². The molecular formula is C93H145N5O17. The number of hydrogen-bond acceptors (Lipinski definition) is 22. The van der Waals surface area contributed by atoms with Crippen LogP contribution in [-0.2, 0) is 73.0 Å². The van der Waals surface area contributed by atoms with Crippen LogP contribution in [0.2, 0.25) is 0 Å². The van der Waals surface area contributed by atoms with Crippen LogP contribution in [0.3, 0.4) is 0 Å². The quantitative estimate of drug-likeness (QED) is 0.0169. The van der Waals surface area contributed by atoms with Crippen molar-refractivity contribution < 1.29 is 80.8 Å². The smallest absolute Gasteiger partial charge is 0.310 e. The van der Waals surface area contributed by atoms with Gasteiger partial charge in [0, 0.05) is 62.5 Å². The topological polar surface area (TPSA) is 256 Å². The summed E-state index contributed by atoms with van der Waals surface area (Å²) in [5, 5.41) is 17.5. The van der Waals surface area contributed by atoms with Crippen molar-refractivity contribution in [1.82, 2.24) is 26.6 Å². The molecule has 0 bridgehead atoms. The lowest BCUT2D eigenvalue weighted by atomic mass is 9.87. The van der Waals surface area contributed by atoms with E-state index in [1.54, 1.807) is 7.11 Å². The van der Waals surface area contributed by atoms with Crippen LogP contribution in [0, 0.1) is 29.6 Å². The molecule has 5 aliphatic heterocycles. The third-order valence-corrected chi connectivity index (χ3v) is 22.8. The van der Waals surface area contributed by atoms with Crippen LogP contribution >= 0.6 is 0 Å². The number of ether oxygens (including phenoxy) is 12. The van der Waals surface area contributed by atoms with Crippen molar-refractivity contribution >= 4 is 29.8 Å². The normalized spacial score (nSPS) is 24.2. The second kappa shape index (κ2) is 41.8. The highest BCUT2D eigenvalue weighted by Gasteiger charge is 2.53. The van der Waals surface area contributed by atoms with Crippen molar-refractivity contribution in [2.75, 3.05) is 93.0 Å². The molecule has 5 N–H and O–H groups in total. The number of benzene rings is 4. The predicted octanol–water partition coefficient (Wildman–Crippen LogP) is 15.3. The van der Waals surface area contributed by atoms with Crippen LogP contribution in [0.1, 0.15) is 222 Å². The summed E-state index contributed by atoms with van der Waals surface area (Å²) in [5.41, 5.74) is 4.42. The fourth-order valence-corrected chi connectivity index (χ4v) is 18.0. The lowest BCUT2D eigenvalue weighted by Crippen LogP contribution is -2.46. The lowest BCUT2D eigenvalue weighted by Gasteiger charge is -2.29. The average Bonchev–Trinajstić information content (AvgIpc) is 1.66. The van der Waals surface area contributed by atoms with Crippen LogP contribution in [0.25, 0.3) is 22.3 Å². The van der Waals surface area contributed by atoms with Gasteiger partial charge in [-0.25, -0.2) is 0 Å². The summed E-state index contributed by atoms with van der Waals surface area (Å²) in [5.74, 6) is 0.974. The van der Waals surface area contributed by atoms with E-state index in [0.29, 0.717) is 59.5 Å². The number of aryl methyl sites for hydroxylation is 1. The summed E-state index contributed by atoms with van der Waals surface area (Å²) in [7, 11) is 1.63. The monoisotopic (exact) mass is 1600 g/mol. The second-order valence-corrected chi connectivity index (χ2v) is 38.2. The highest BCUT2D eigenvalue weighted by atomic mass is 16.6. The SMILES string of the molecule is CC1(C)CC(C(=O)OCCOC2CCC(OCCOC(=O)C3CC(C)(C)NC3(C)C)CC2)C(C)(C)N1.CCCc1ccc(-c2ccc(OCCOC(=O)C3CC(C)(C)NC3(C)C)cc2)cc1.CCOc1ccc(-c2ccc(OCCOC(=O)C3CC(C)(C)NC3(C)C)cc2)cc1.COCCOCCOC(=O)C1CC(C)(C)NC1(C)C. The Labute approximate surface area is 689 Å². The highest BCUT2D eigenvalue weighted by molar-refractivity contribution is 5.77. The molecule has 6 aliphatic rings. The maximum absolute atomic E-state index is 12.6. The maximum Gasteiger partial charge on any atom is 0.310 e. The molecule has 4 aromatic carbocycles. The first kappa shape index (κ1) is 95.4. The van der Waals surface area contributed by atoms with Gasteiger partial charge in [0.1, 0.15) is 63.5 Å². The van der Waals surface area contributed by atoms with Crippen molar-refractivity contribution in [2.24, 2.45) is 29.6 Å². The molecule has 5 atom stereocenters. The summed E-state index contributed by atoms with van der Waals surface area (Å²) in [6.07, 6.45) is 10.2. The summed E-state index contributed by atoms with van der Waals surface area (Å²) < 4.78 is 66.4. The van der Waals surface area contributed by atoms with Crippen molar-refractivity contribution in [3.8, 4) is 39.5 Å². The molecule has 0 spiro atoms. The van der Waals surface area contributed by atoms with Crippen LogP contribution in [0.15, 0.2) is 97.1 Å². The average molecular weight is 1610 g/mol. The molecule has 5 saturated heterocycles. The minimum Gasteiger partial charge on any atom is -0.494 e. The van der Waals surface area contributed by atoms with E-state index in [2.05, 4.69) is 195 Å². The molecule has 5 unspecified atom stereocenters. The molecule has 1 aliphatic carbocycles. The van der Waals surface area contributed by atoms with Gasteiger partial charge in [0.2, 0.25) is 0 Å². The summed E-state index contributed by atoms with van der Waals surface area (Å²) in [4.78, 5) is 62.3. The Balaban J connectivity index is 0.000000217. The molecule has 644 valence electrons. The minimum absolute atomic E-state index is 0.0256. The zero-order valence-corrected chi connectivity index (χ0v) is 74.2. The largest absolute Gasteiger partial charge is 0.494 e. The van der Waals surface area contributed by atoms with E-state index >= 15 is 0 Å². The number of carbonyl (C=O) groups is 5. The fraction of sp³-hybridized carbons (Fsp3) is 0.688. The van der Waals surface area contributed by atoms with E-state index in [9.17, 15) is 24.0 Å². The standard InChI is InChI=1S/C28H50N2O6.C26H35NO3.C25H33NO4.C14H27NO4/c1-25(2)17-21(27(5,6)29-25)23(31)35-15-13-33-19-9-11-20(12-10-19)34-14-16-36-24(32)22-18-26(3,4)30-28(22,7)8;1-6-7-19-8-10-20(11-9-19)21-12-14-22(15-13-21)29-16-17-30-24(28)23-18-25(2,3)27-26(23,4)5;1-6-28-20-11-7-18(8-12-20)19-9-13-21(14-10-19)29-15-16-30-23(27)22-17-24(2,3)26-25(22,4)5;1-13(2)10-11(14(3,4)15-13)12(16)19-9-8-18-7-6-17-5/h19-22,29-30H,9-18H2,1-8H3;8-15,23,27H,6-7,16-18H2,1-5H3;7-14,22,26H,6,15-17H2,1-5H3;11,15H,6-10H2,1-5H3. The van der Waals surface area contributed by atoms with Gasteiger partial charge >= 0.3 is 29.8 Å². The van der Waals surface area contributed by atoms with Gasteiger partial charge in [-0.2, -0.15) is 0 Å². The molecule has 10 rings (SSSR count). The molecule has 0 amide bonds. The number of rotatable bonds is 33. The number of methoxy groups -OCH3 is 1. The molecule has 115 heavy (non-hydrogen) atoms. The molecule has 4 aromatic rings. The van der Waals surface area contributed by atoms with Crippen LogP contribution in [0.5, 0.6) is 17.2 Å². The zero-order chi connectivity index (χ0) is 84.9. The van der Waals surface area contributed by atoms with E-state index in [-0.39, 0.29) is 153 Å². The number of nitrogens with one attached hydrogen (secondary N) is 5. The van der Waals surface area contributed by atoms with Crippen LogP contribution in [-0.4, -0.2) is 190 Å². The van der Waals surface area contributed by atoms with E-state index < -0.39 is 0 Å². The first-order valence-corrected chi connectivity index (χ1v) is 42.2. The first-order chi connectivity index (χ1) is 53.8. The highest BCUT2D eigenvalue weighted by Crippen LogP contribution is 2.42. The molecule has 22 heteroatoms. The molecule has 0 radical (unpaired) electrons. The first-order valence-electron chi connectivity index (χ1n) is 42.2. The van der Waals surface area contributed by atoms with Crippen molar-refractivity contribution in [3.63, 3.8) is 0 Å². The Morgan fingerprint density at radius 1 is 0.313 bits per heavy atom.